The Morgan fingerprint density at radius 3 is 3.17 bits per heavy atom. The Morgan fingerprint density at radius 1 is 1.67 bits per heavy atom. The second-order valence-corrected chi connectivity index (χ2v) is 4.78. The first kappa shape index (κ1) is 12.7. The van der Waals surface area contributed by atoms with Gasteiger partial charge < -0.3 is 19.8 Å². The van der Waals surface area contributed by atoms with Crippen molar-refractivity contribution < 1.29 is 19.2 Å². The molecule has 2 N–H and O–H groups in total. The first-order valence-corrected chi connectivity index (χ1v) is 6.44. The molecule has 0 aromatic carbocycles. The monoisotopic (exact) mass is 272 g/mol. The van der Waals surface area contributed by atoms with Crippen LogP contribution in [0.25, 0.3) is 0 Å². The molecule has 1 aromatic heterocycles. The standard InChI is InChI=1S/C9H12N4O4S/c14-8(15)6-4-18-2-1-13(6)9(16)10-3-7-11-5-17-12-7/h5-6H,1-4H2,(H,10,16)(H,14,15). The average molecular weight is 272 g/mol. The van der Waals surface area contributed by atoms with E-state index in [2.05, 4.69) is 20.0 Å². The first-order valence-electron chi connectivity index (χ1n) is 5.28. The fourth-order valence-electron chi connectivity index (χ4n) is 1.58. The minimum Gasteiger partial charge on any atom is -0.480 e. The first-order chi connectivity index (χ1) is 8.68. The average Bonchev–Trinajstić information content (AvgIpc) is 2.89. The number of carboxylic acid groups (broad SMARTS) is 1. The van der Waals surface area contributed by atoms with Gasteiger partial charge in [0.05, 0.1) is 6.54 Å². The van der Waals surface area contributed by atoms with Gasteiger partial charge in [-0.1, -0.05) is 5.16 Å². The summed E-state index contributed by atoms with van der Waals surface area (Å²) in [5.74, 6) is 0.503. The van der Waals surface area contributed by atoms with Crippen molar-refractivity contribution in [3.05, 3.63) is 12.2 Å². The number of nitrogens with zero attached hydrogens (tertiary/aromatic N) is 3. The lowest BCUT2D eigenvalue weighted by Crippen LogP contribution is -2.53. The van der Waals surface area contributed by atoms with Crippen LogP contribution in [-0.4, -0.2) is 56.2 Å². The van der Waals surface area contributed by atoms with Gasteiger partial charge in [0.15, 0.2) is 5.82 Å². The van der Waals surface area contributed by atoms with Gasteiger partial charge >= 0.3 is 12.0 Å². The highest BCUT2D eigenvalue weighted by Gasteiger charge is 2.32. The fourth-order valence-corrected chi connectivity index (χ4v) is 2.62. The number of nitrogens with one attached hydrogen (secondary N) is 1. The van der Waals surface area contributed by atoms with Crippen molar-refractivity contribution in [1.29, 1.82) is 0 Å². The van der Waals surface area contributed by atoms with Gasteiger partial charge in [0.1, 0.15) is 6.04 Å². The normalized spacial score (nSPS) is 19.6. The van der Waals surface area contributed by atoms with Gasteiger partial charge in [0.25, 0.3) is 0 Å². The largest absolute Gasteiger partial charge is 0.480 e. The molecule has 0 aliphatic carbocycles. The van der Waals surface area contributed by atoms with Crippen LogP contribution in [0.4, 0.5) is 4.79 Å². The van der Waals surface area contributed by atoms with Gasteiger partial charge in [-0.25, -0.2) is 9.59 Å². The molecule has 1 atom stereocenters. The zero-order valence-electron chi connectivity index (χ0n) is 9.40. The van der Waals surface area contributed by atoms with E-state index in [1.165, 1.54) is 23.1 Å². The van der Waals surface area contributed by atoms with Crippen LogP contribution in [0.5, 0.6) is 0 Å². The molecule has 9 heteroatoms. The summed E-state index contributed by atoms with van der Waals surface area (Å²) in [6.07, 6.45) is 1.17. The van der Waals surface area contributed by atoms with Crippen LogP contribution in [0.2, 0.25) is 0 Å². The molecule has 18 heavy (non-hydrogen) atoms. The van der Waals surface area contributed by atoms with Crippen molar-refractivity contribution in [2.75, 3.05) is 18.1 Å². The maximum Gasteiger partial charge on any atom is 0.327 e. The third-order valence-electron chi connectivity index (χ3n) is 2.48. The van der Waals surface area contributed by atoms with Crippen LogP contribution >= 0.6 is 11.8 Å². The number of amides is 2. The van der Waals surface area contributed by atoms with Gasteiger partial charge in [0.2, 0.25) is 6.39 Å². The summed E-state index contributed by atoms with van der Waals surface area (Å²) in [7, 11) is 0. The minimum atomic E-state index is -0.989. The Hall–Kier alpha value is -1.77. The highest BCUT2D eigenvalue weighted by molar-refractivity contribution is 7.99. The van der Waals surface area contributed by atoms with Gasteiger partial charge in [0, 0.05) is 18.1 Å². The lowest BCUT2D eigenvalue weighted by Gasteiger charge is -2.32. The number of thioether (sulfide) groups is 1. The number of rotatable bonds is 3. The van der Waals surface area contributed by atoms with E-state index < -0.39 is 18.0 Å². The van der Waals surface area contributed by atoms with Crippen LogP contribution in [0.15, 0.2) is 10.9 Å². The highest BCUT2D eigenvalue weighted by atomic mass is 32.2. The number of hydrogen-bond acceptors (Lipinski definition) is 6. The smallest absolute Gasteiger partial charge is 0.327 e. The third kappa shape index (κ3) is 2.92. The number of carbonyl (C=O) groups is 2. The summed E-state index contributed by atoms with van der Waals surface area (Å²) in [6, 6.07) is -1.21. The summed E-state index contributed by atoms with van der Waals surface area (Å²) in [5.41, 5.74) is 0. The molecule has 1 saturated heterocycles. The summed E-state index contributed by atoms with van der Waals surface area (Å²) in [5, 5.41) is 15.2. The molecule has 8 nitrogen and oxygen atoms in total. The molecule has 1 aromatic rings. The molecule has 98 valence electrons. The Morgan fingerprint density at radius 2 is 2.50 bits per heavy atom. The summed E-state index contributed by atoms with van der Waals surface area (Å²) >= 11 is 1.53. The SMILES string of the molecule is O=C(O)C1CSCCN1C(=O)NCc1ncon1. The van der Waals surface area contributed by atoms with E-state index in [1.54, 1.807) is 0 Å². The van der Waals surface area contributed by atoms with E-state index in [-0.39, 0.29) is 6.54 Å². The van der Waals surface area contributed by atoms with E-state index in [0.29, 0.717) is 18.1 Å². The number of urea groups is 1. The van der Waals surface area contributed by atoms with Crippen LogP contribution in [-0.2, 0) is 11.3 Å². The molecular weight excluding hydrogens is 260 g/mol. The van der Waals surface area contributed by atoms with Crippen LogP contribution < -0.4 is 5.32 Å². The number of carboxylic acids is 1. The quantitative estimate of drug-likeness (QED) is 0.783. The van der Waals surface area contributed by atoms with Gasteiger partial charge in [-0.2, -0.15) is 16.7 Å². The Kier molecular flexibility index (Phi) is 4.03. The third-order valence-corrected chi connectivity index (χ3v) is 3.50. The zero-order valence-corrected chi connectivity index (χ0v) is 10.2. The molecule has 2 rings (SSSR count). The maximum absolute atomic E-state index is 11.9. The van der Waals surface area contributed by atoms with Gasteiger partial charge in [-0.3, -0.25) is 0 Å². The van der Waals surface area contributed by atoms with E-state index in [0.717, 1.165) is 5.75 Å². The minimum absolute atomic E-state index is 0.116. The fraction of sp³-hybridized carbons (Fsp3) is 0.556. The lowest BCUT2D eigenvalue weighted by atomic mass is 10.3. The van der Waals surface area contributed by atoms with E-state index in [4.69, 9.17) is 5.11 Å². The van der Waals surface area contributed by atoms with Crippen molar-refractivity contribution in [2.45, 2.75) is 12.6 Å². The van der Waals surface area contributed by atoms with Crippen molar-refractivity contribution in [3.8, 4) is 0 Å². The molecule has 0 spiro atoms. The molecule has 2 amide bonds. The molecule has 1 unspecified atom stereocenters. The highest BCUT2D eigenvalue weighted by Crippen LogP contribution is 2.16. The second kappa shape index (κ2) is 5.71. The Labute approximate surface area is 107 Å². The predicted molar refractivity (Wildman–Crippen MR) is 62.0 cm³/mol. The van der Waals surface area contributed by atoms with E-state index in [9.17, 15) is 9.59 Å². The Balaban J connectivity index is 1.92. The number of aliphatic carboxylic acids is 1. The van der Waals surface area contributed by atoms with Gasteiger partial charge in [-0.05, 0) is 0 Å². The van der Waals surface area contributed by atoms with Crippen LogP contribution in [0.3, 0.4) is 0 Å². The van der Waals surface area contributed by atoms with Crippen LogP contribution in [0, 0.1) is 0 Å². The molecule has 1 aliphatic heterocycles. The van der Waals surface area contributed by atoms with Crippen molar-refractivity contribution in [2.24, 2.45) is 0 Å². The summed E-state index contributed by atoms with van der Waals surface area (Å²) < 4.78 is 4.53. The number of hydrogen-bond donors (Lipinski definition) is 2. The predicted octanol–water partition coefficient (Wildman–Crippen LogP) is -0.219. The van der Waals surface area contributed by atoms with E-state index in [1.807, 2.05) is 0 Å². The molecule has 0 saturated carbocycles. The molecule has 1 aliphatic rings. The molecular formula is C9H12N4O4S. The summed E-state index contributed by atoms with van der Waals surface area (Å²) in [4.78, 5) is 28.0. The van der Waals surface area contributed by atoms with Crippen molar-refractivity contribution in [1.82, 2.24) is 20.4 Å². The molecule has 1 fully saturated rings. The van der Waals surface area contributed by atoms with Crippen molar-refractivity contribution in [3.63, 3.8) is 0 Å². The second-order valence-electron chi connectivity index (χ2n) is 3.63. The van der Waals surface area contributed by atoms with E-state index >= 15 is 0 Å². The number of aromatic nitrogens is 2. The zero-order chi connectivity index (χ0) is 13.0. The molecule has 0 radical (unpaired) electrons. The summed E-state index contributed by atoms with van der Waals surface area (Å²) in [6.45, 7) is 0.533. The lowest BCUT2D eigenvalue weighted by molar-refractivity contribution is -0.141. The van der Waals surface area contributed by atoms with Crippen molar-refractivity contribution >= 4 is 23.8 Å². The molecule has 2 heterocycles. The molecule has 0 bridgehead atoms. The van der Waals surface area contributed by atoms with Gasteiger partial charge in [-0.15, -0.1) is 0 Å². The topological polar surface area (TPSA) is 109 Å². The number of carbonyl (C=O) groups excluding carboxylic acids is 1. The maximum atomic E-state index is 11.9. The Bertz CT molecular complexity index is 424. The van der Waals surface area contributed by atoms with Crippen LogP contribution in [0.1, 0.15) is 5.82 Å².